The van der Waals surface area contributed by atoms with Gasteiger partial charge in [0.05, 0.1) is 0 Å². The Morgan fingerprint density at radius 2 is 1.92 bits per heavy atom. The number of fused-ring (bicyclic) bond motifs is 1. The quantitative estimate of drug-likeness (QED) is 0.714. The normalized spacial score (nSPS) is 14.4. The van der Waals surface area contributed by atoms with E-state index < -0.39 is 6.10 Å². The first-order valence-electron chi connectivity index (χ1n) is 9.43. The molecule has 1 aliphatic carbocycles. The van der Waals surface area contributed by atoms with Crippen molar-refractivity contribution in [1.82, 2.24) is 5.32 Å². The third kappa shape index (κ3) is 5.01. The third-order valence-corrected chi connectivity index (χ3v) is 5.13. The Morgan fingerprint density at radius 3 is 2.73 bits per heavy atom. The van der Waals surface area contributed by atoms with Gasteiger partial charge in [0.1, 0.15) is 5.75 Å². The Kier molecular flexibility index (Phi) is 6.56. The van der Waals surface area contributed by atoms with E-state index in [9.17, 15) is 4.79 Å². The number of hydrogen-bond donors (Lipinski definition) is 1. The number of benzene rings is 2. The number of aryl methyl sites for hydroxylation is 2. The van der Waals surface area contributed by atoms with Crippen LogP contribution in [0, 0.1) is 0 Å². The van der Waals surface area contributed by atoms with Gasteiger partial charge in [-0.1, -0.05) is 35.9 Å². The Morgan fingerprint density at radius 1 is 1.15 bits per heavy atom. The number of ether oxygens (including phenoxy) is 1. The summed E-state index contributed by atoms with van der Waals surface area (Å²) in [5, 5.41) is 3.72. The van der Waals surface area contributed by atoms with Crippen molar-refractivity contribution in [3.63, 3.8) is 0 Å². The van der Waals surface area contributed by atoms with Gasteiger partial charge < -0.3 is 10.1 Å². The molecule has 2 aromatic carbocycles. The van der Waals surface area contributed by atoms with E-state index in [0.29, 0.717) is 6.54 Å². The molecule has 0 bridgehead atoms. The third-order valence-electron chi connectivity index (χ3n) is 4.88. The van der Waals surface area contributed by atoms with Crippen molar-refractivity contribution in [3.05, 3.63) is 64.2 Å². The molecule has 0 spiro atoms. The number of amides is 1. The van der Waals surface area contributed by atoms with Gasteiger partial charge in [-0.15, -0.1) is 0 Å². The molecule has 1 atom stereocenters. The molecule has 1 amide bonds. The molecule has 0 aliphatic heterocycles. The summed E-state index contributed by atoms with van der Waals surface area (Å²) in [6.45, 7) is 2.46. The number of halogens is 1. The van der Waals surface area contributed by atoms with Crippen molar-refractivity contribution >= 4 is 17.5 Å². The van der Waals surface area contributed by atoms with E-state index in [2.05, 4.69) is 11.4 Å². The van der Waals surface area contributed by atoms with Crippen LogP contribution in [0.15, 0.2) is 42.5 Å². The fourth-order valence-electron chi connectivity index (χ4n) is 3.40. The fraction of sp³-hybridized carbons (Fsp3) is 0.409. The topological polar surface area (TPSA) is 38.3 Å². The molecule has 4 heteroatoms. The molecular formula is C22H26ClNO2. The number of nitrogens with one attached hydrogen (secondary N) is 1. The van der Waals surface area contributed by atoms with Crippen LogP contribution >= 0.6 is 11.6 Å². The summed E-state index contributed by atoms with van der Waals surface area (Å²) >= 11 is 5.89. The molecule has 3 nitrogen and oxygen atoms in total. The van der Waals surface area contributed by atoms with Crippen molar-refractivity contribution in [2.75, 3.05) is 6.54 Å². The second-order valence-electron chi connectivity index (χ2n) is 6.88. The monoisotopic (exact) mass is 371 g/mol. The van der Waals surface area contributed by atoms with Crippen molar-refractivity contribution in [2.24, 2.45) is 0 Å². The summed E-state index contributed by atoms with van der Waals surface area (Å²) in [5.74, 6) is 0.806. The van der Waals surface area contributed by atoms with E-state index in [1.165, 1.54) is 29.5 Å². The zero-order valence-corrected chi connectivity index (χ0v) is 16.0. The van der Waals surface area contributed by atoms with Crippen LogP contribution in [-0.4, -0.2) is 18.6 Å². The van der Waals surface area contributed by atoms with Gasteiger partial charge in [-0.25, -0.2) is 0 Å². The molecule has 2 aromatic rings. The van der Waals surface area contributed by atoms with Crippen LogP contribution in [0.5, 0.6) is 5.75 Å². The standard InChI is InChI=1S/C22H26ClNO2/c1-16(26-21-10-4-8-18-7-2-3-9-20(18)21)22(25)24-15-5-6-17-11-13-19(23)14-12-17/h4,8,10-14,16H,2-3,5-7,9,15H2,1H3,(H,24,25)/t16-/m0/s1. The molecule has 1 N–H and O–H groups in total. The lowest BCUT2D eigenvalue weighted by molar-refractivity contribution is -0.127. The molecular weight excluding hydrogens is 346 g/mol. The van der Waals surface area contributed by atoms with E-state index in [1.807, 2.05) is 43.3 Å². The van der Waals surface area contributed by atoms with Gasteiger partial charge in [0.15, 0.2) is 6.10 Å². The van der Waals surface area contributed by atoms with Crippen LogP contribution in [0.1, 0.15) is 42.9 Å². The summed E-state index contributed by atoms with van der Waals surface area (Å²) in [6.07, 6.45) is 5.90. The molecule has 0 unspecified atom stereocenters. The Hall–Kier alpha value is -2.00. The average molecular weight is 372 g/mol. The largest absolute Gasteiger partial charge is 0.481 e. The minimum Gasteiger partial charge on any atom is -0.481 e. The predicted octanol–water partition coefficient (Wildman–Crippen LogP) is 4.74. The van der Waals surface area contributed by atoms with E-state index in [-0.39, 0.29) is 5.91 Å². The smallest absolute Gasteiger partial charge is 0.260 e. The summed E-state index contributed by atoms with van der Waals surface area (Å²) in [6, 6.07) is 14.0. The Labute approximate surface area is 160 Å². The molecule has 1 aliphatic rings. The van der Waals surface area contributed by atoms with Gasteiger partial charge in [0.2, 0.25) is 0 Å². The lowest BCUT2D eigenvalue weighted by Gasteiger charge is -2.22. The van der Waals surface area contributed by atoms with Crippen LogP contribution in [0.2, 0.25) is 5.02 Å². The van der Waals surface area contributed by atoms with Crippen molar-refractivity contribution in [1.29, 1.82) is 0 Å². The van der Waals surface area contributed by atoms with Crippen molar-refractivity contribution < 1.29 is 9.53 Å². The predicted molar refractivity (Wildman–Crippen MR) is 106 cm³/mol. The first kappa shape index (κ1) is 18.8. The van der Waals surface area contributed by atoms with Crippen LogP contribution in [0.3, 0.4) is 0 Å². The lowest BCUT2D eigenvalue weighted by Crippen LogP contribution is -2.37. The van der Waals surface area contributed by atoms with Gasteiger partial charge >= 0.3 is 0 Å². The molecule has 0 saturated carbocycles. The zero-order valence-electron chi connectivity index (χ0n) is 15.3. The van der Waals surface area contributed by atoms with Gasteiger partial charge in [-0.3, -0.25) is 4.79 Å². The number of carbonyl (C=O) groups excluding carboxylic acids is 1. The maximum absolute atomic E-state index is 12.3. The van der Waals surface area contributed by atoms with Crippen molar-refractivity contribution in [2.45, 2.75) is 51.6 Å². The number of hydrogen-bond acceptors (Lipinski definition) is 2. The second-order valence-corrected chi connectivity index (χ2v) is 7.32. The highest BCUT2D eigenvalue weighted by Gasteiger charge is 2.19. The van der Waals surface area contributed by atoms with Crippen LogP contribution in [0.25, 0.3) is 0 Å². The van der Waals surface area contributed by atoms with Gasteiger partial charge in [-0.05, 0) is 80.3 Å². The highest BCUT2D eigenvalue weighted by Crippen LogP contribution is 2.30. The molecule has 26 heavy (non-hydrogen) atoms. The lowest BCUT2D eigenvalue weighted by atomic mass is 9.91. The summed E-state index contributed by atoms with van der Waals surface area (Å²) < 4.78 is 5.98. The van der Waals surface area contributed by atoms with Gasteiger partial charge in [0, 0.05) is 11.6 Å². The molecule has 0 aromatic heterocycles. The maximum Gasteiger partial charge on any atom is 0.260 e. The van der Waals surface area contributed by atoms with E-state index in [1.54, 1.807) is 0 Å². The minimum absolute atomic E-state index is 0.0606. The van der Waals surface area contributed by atoms with E-state index in [4.69, 9.17) is 16.3 Å². The van der Waals surface area contributed by atoms with Crippen LogP contribution in [0.4, 0.5) is 0 Å². The SMILES string of the molecule is C[C@H](Oc1cccc2c1CCCC2)C(=O)NCCCc1ccc(Cl)cc1. The Bertz CT molecular complexity index is 742. The van der Waals surface area contributed by atoms with Gasteiger partial charge in [0.25, 0.3) is 5.91 Å². The highest BCUT2D eigenvalue weighted by molar-refractivity contribution is 6.30. The molecule has 0 saturated heterocycles. The molecule has 0 fully saturated rings. The maximum atomic E-state index is 12.3. The first-order chi connectivity index (χ1) is 12.6. The highest BCUT2D eigenvalue weighted by atomic mass is 35.5. The van der Waals surface area contributed by atoms with Crippen molar-refractivity contribution in [3.8, 4) is 5.75 Å². The van der Waals surface area contributed by atoms with E-state index >= 15 is 0 Å². The second kappa shape index (κ2) is 9.09. The Balaban J connectivity index is 1.45. The minimum atomic E-state index is -0.487. The first-order valence-corrected chi connectivity index (χ1v) is 9.81. The number of carbonyl (C=O) groups is 1. The number of rotatable bonds is 7. The van der Waals surface area contributed by atoms with Gasteiger partial charge in [-0.2, -0.15) is 0 Å². The summed E-state index contributed by atoms with van der Waals surface area (Å²) in [4.78, 5) is 12.3. The molecule has 138 valence electrons. The van der Waals surface area contributed by atoms with Crippen LogP contribution in [-0.2, 0) is 24.1 Å². The van der Waals surface area contributed by atoms with Crippen LogP contribution < -0.4 is 10.1 Å². The summed E-state index contributed by atoms with van der Waals surface area (Å²) in [7, 11) is 0. The average Bonchev–Trinajstić information content (AvgIpc) is 2.66. The zero-order chi connectivity index (χ0) is 18.4. The van der Waals surface area contributed by atoms with E-state index in [0.717, 1.165) is 36.5 Å². The molecule has 0 radical (unpaired) electrons. The molecule has 0 heterocycles. The summed E-state index contributed by atoms with van der Waals surface area (Å²) in [5.41, 5.74) is 3.87. The molecule has 3 rings (SSSR count). The fourth-order valence-corrected chi connectivity index (χ4v) is 3.53.